The van der Waals surface area contributed by atoms with Crippen molar-refractivity contribution in [3.8, 4) is 17.1 Å². The molecule has 0 radical (unpaired) electrons. The molecule has 2 aromatic carbocycles. The van der Waals surface area contributed by atoms with Crippen molar-refractivity contribution < 1.29 is 58.9 Å². The van der Waals surface area contributed by atoms with E-state index in [0.29, 0.717) is 34.9 Å². The second kappa shape index (κ2) is 19.0. The number of ether oxygens (including phenoxy) is 4. The van der Waals surface area contributed by atoms with E-state index in [9.17, 15) is 44.7 Å². The Morgan fingerprint density at radius 2 is 1.66 bits per heavy atom. The summed E-state index contributed by atoms with van der Waals surface area (Å²) in [7, 11) is 0. The number of carbonyl (C=O) groups is 3. The summed E-state index contributed by atoms with van der Waals surface area (Å²) in [5.74, 6) is -1.71. The van der Waals surface area contributed by atoms with Gasteiger partial charge in [0.25, 0.3) is 5.56 Å². The lowest BCUT2D eigenvalue weighted by molar-refractivity contribution is -0.302. The number of likely N-dealkylation sites (tertiary alicyclic amines) is 1. The summed E-state index contributed by atoms with van der Waals surface area (Å²) in [4.78, 5) is 60.0. The molecule has 11 atom stereocenters. The monoisotopic (exact) mass is 851 g/mol. The van der Waals surface area contributed by atoms with Crippen LogP contribution >= 0.6 is 23.2 Å². The van der Waals surface area contributed by atoms with Crippen LogP contribution in [0.2, 0.25) is 10.0 Å². The topological polar surface area (TPSA) is 262 Å². The third-order valence-corrected chi connectivity index (χ3v) is 11.1. The minimum Gasteiger partial charge on any atom is -0.409 e. The number of benzene rings is 2. The molecule has 6 rings (SSSR count). The van der Waals surface area contributed by atoms with Gasteiger partial charge in [-0.05, 0) is 62.1 Å². The smallest absolute Gasteiger partial charge is 0.409 e. The highest BCUT2D eigenvalue weighted by Gasteiger charge is 2.51. The van der Waals surface area contributed by atoms with Crippen LogP contribution in [-0.2, 0) is 23.8 Å². The van der Waals surface area contributed by atoms with Gasteiger partial charge in [0.15, 0.2) is 6.29 Å². The molecule has 8 N–H and O–H groups in total. The fourth-order valence-corrected chi connectivity index (χ4v) is 8.14. The Bertz CT molecular complexity index is 2020. The van der Waals surface area contributed by atoms with Crippen LogP contribution in [0.5, 0.6) is 5.75 Å². The van der Waals surface area contributed by atoms with Crippen molar-refractivity contribution in [3.05, 3.63) is 56.8 Å². The van der Waals surface area contributed by atoms with Gasteiger partial charge in [-0.3, -0.25) is 14.4 Å². The van der Waals surface area contributed by atoms with E-state index < -0.39 is 104 Å². The number of carbonyl (C=O) groups excluding carboxylic acids is 3. The van der Waals surface area contributed by atoms with Crippen LogP contribution in [0, 0.1) is 5.92 Å². The SMILES string of the molecule is CC(=O)N[C@H]1[C@H](OC2[C@@H](CO)C[C@@H](OCC3CCCCN3C(=O)Oc3ccc(Cl)cc3-c3nc4ccc(Cl)cc4c(=O)[nH]3)[C@H](NC(C)=O)[C@H]2O)O[C@H](CO)[C@@H](O)[C@@H]1O. The first-order valence-electron chi connectivity index (χ1n) is 18.9. The van der Waals surface area contributed by atoms with E-state index in [1.165, 1.54) is 43.0 Å². The Balaban J connectivity index is 1.18. The number of H-pyrrole nitrogens is 1. The average Bonchev–Trinajstić information content (AvgIpc) is 3.19. The molecule has 2 unspecified atom stereocenters. The van der Waals surface area contributed by atoms with Gasteiger partial charge in [-0.2, -0.15) is 0 Å². The molecule has 3 heterocycles. The van der Waals surface area contributed by atoms with E-state index in [-0.39, 0.29) is 35.6 Å². The minimum atomic E-state index is -1.62. The van der Waals surface area contributed by atoms with Crippen molar-refractivity contribution in [2.75, 3.05) is 26.4 Å². The Labute approximate surface area is 342 Å². The third kappa shape index (κ3) is 9.73. The second-order valence-electron chi connectivity index (χ2n) is 14.7. The number of rotatable bonds is 11. The Morgan fingerprint density at radius 3 is 2.36 bits per heavy atom. The summed E-state index contributed by atoms with van der Waals surface area (Å²) >= 11 is 12.4. The van der Waals surface area contributed by atoms with E-state index in [1.807, 2.05) is 0 Å². The van der Waals surface area contributed by atoms with Gasteiger partial charge in [-0.25, -0.2) is 9.78 Å². The van der Waals surface area contributed by atoms with Gasteiger partial charge in [-0.1, -0.05) is 23.2 Å². The van der Waals surface area contributed by atoms with Gasteiger partial charge in [0.05, 0.1) is 54.0 Å². The van der Waals surface area contributed by atoms with Crippen molar-refractivity contribution >= 4 is 52.0 Å². The van der Waals surface area contributed by atoms with Gasteiger partial charge < -0.3 is 65.0 Å². The number of aliphatic hydroxyl groups is 5. The van der Waals surface area contributed by atoms with Crippen LogP contribution in [0.25, 0.3) is 22.3 Å². The summed E-state index contributed by atoms with van der Waals surface area (Å²) in [5.41, 5.74) is 0.177. The molecule has 3 aromatic rings. The third-order valence-electron chi connectivity index (χ3n) is 10.7. The number of aliphatic hydroxyl groups excluding tert-OH is 5. The highest BCUT2D eigenvalue weighted by molar-refractivity contribution is 6.31. The summed E-state index contributed by atoms with van der Waals surface area (Å²) in [6.07, 6.45) is -8.32. The number of hydrogen-bond donors (Lipinski definition) is 8. The molecular formula is C38H47Cl2N5O13. The van der Waals surface area contributed by atoms with E-state index in [0.717, 1.165) is 6.42 Å². The first-order valence-corrected chi connectivity index (χ1v) is 19.6. The molecule has 2 saturated heterocycles. The van der Waals surface area contributed by atoms with Gasteiger partial charge in [0.1, 0.15) is 42.0 Å². The highest BCUT2D eigenvalue weighted by Crippen LogP contribution is 2.35. The summed E-state index contributed by atoms with van der Waals surface area (Å²) in [6, 6.07) is 6.33. The van der Waals surface area contributed by atoms with E-state index in [4.69, 9.17) is 42.1 Å². The number of hydrogen-bond acceptors (Lipinski definition) is 14. The molecule has 58 heavy (non-hydrogen) atoms. The number of aromatic nitrogens is 2. The Kier molecular flexibility index (Phi) is 14.3. The average molecular weight is 853 g/mol. The number of nitrogens with one attached hydrogen (secondary N) is 3. The number of piperidine rings is 1. The van der Waals surface area contributed by atoms with E-state index in [1.54, 1.807) is 12.1 Å². The molecule has 0 spiro atoms. The Morgan fingerprint density at radius 1 is 0.948 bits per heavy atom. The van der Waals surface area contributed by atoms with Crippen LogP contribution < -0.4 is 20.9 Å². The van der Waals surface area contributed by atoms with Gasteiger partial charge in [0.2, 0.25) is 11.8 Å². The first-order chi connectivity index (χ1) is 27.7. The quantitative estimate of drug-likeness (QED) is 0.133. The van der Waals surface area contributed by atoms with Gasteiger partial charge in [0, 0.05) is 43.0 Å². The van der Waals surface area contributed by atoms with Crippen LogP contribution in [0.4, 0.5) is 4.79 Å². The molecule has 3 fully saturated rings. The maximum absolute atomic E-state index is 13.9. The number of aromatic amines is 1. The van der Waals surface area contributed by atoms with Crippen molar-refractivity contribution in [2.24, 2.45) is 5.92 Å². The molecule has 1 aliphatic carbocycles. The lowest BCUT2D eigenvalue weighted by Crippen LogP contribution is -2.68. The molecule has 20 heteroatoms. The lowest BCUT2D eigenvalue weighted by atomic mass is 9.79. The van der Waals surface area contributed by atoms with E-state index >= 15 is 0 Å². The van der Waals surface area contributed by atoms with Crippen molar-refractivity contribution in [1.29, 1.82) is 0 Å². The molecule has 1 aromatic heterocycles. The highest BCUT2D eigenvalue weighted by atomic mass is 35.5. The molecule has 1 saturated carbocycles. The van der Waals surface area contributed by atoms with E-state index in [2.05, 4.69) is 20.6 Å². The molecule has 0 bridgehead atoms. The Hall–Kier alpha value is -3.95. The van der Waals surface area contributed by atoms with Crippen molar-refractivity contribution in [3.63, 3.8) is 0 Å². The molecule has 3 aliphatic rings. The summed E-state index contributed by atoms with van der Waals surface area (Å²) in [6.45, 7) is 1.50. The van der Waals surface area contributed by atoms with Crippen LogP contribution in [0.3, 0.4) is 0 Å². The molecule has 316 valence electrons. The normalized spacial score (nSPS) is 30.2. The maximum Gasteiger partial charge on any atom is 0.415 e. The van der Waals surface area contributed by atoms with Gasteiger partial charge in [-0.15, -0.1) is 0 Å². The standard InChI is InChI=1S/C38H47Cl2N5O13/c1-17(48)41-29-27(11-19(14-46)34(33(29)52)58-37-30(42-18(2)49)32(51)31(50)28(15-47)56-37)55-16-22-5-3-4-10-45(22)38(54)57-26-9-7-21(40)13-24(26)35-43-25-8-6-20(39)12-23(25)36(53)44-35/h6-9,12-13,19,22,27-34,37,46-47,50-52H,3-5,10-11,14-16H2,1-2H3,(H,41,48)(H,42,49)(H,43,44,53)/t19-,22?,27-,28-,29+,30-,31-,32-,33-,34?,37+/m1/s1. The number of amides is 3. The van der Waals surface area contributed by atoms with Gasteiger partial charge >= 0.3 is 6.09 Å². The van der Waals surface area contributed by atoms with Crippen LogP contribution in [0.15, 0.2) is 41.2 Å². The summed E-state index contributed by atoms with van der Waals surface area (Å²) < 4.78 is 24.1. The van der Waals surface area contributed by atoms with Crippen LogP contribution in [0.1, 0.15) is 39.5 Å². The zero-order valence-corrected chi connectivity index (χ0v) is 33.1. The molecule has 2 aliphatic heterocycles. The number of halogens is 2. The largest absolute Gasteiger partial charge is 0.415 e. The predicted octanol–water partition coefficient (Wildman–Crippen LogP) is 0.842. The summed E-state index contributed by atoms with van der Waals surface area (Å²) in [5, 5.41) is 59.3. The van der Waals surface area contributed by atoms with Crippen molar-refractivity contribution in [2.45, 2.75) is 101 Å². The van der Waals surface area contributed by atoms with Crippen molar-refractivity contribution in [1.82, 2.24) is 25.5 Å². The lowest BCUT2D eigenvalue weighted by Gasteiger charge is -2.48. The number of fused-ring (bicyclic) bond motifs is 1. The predicted molar refractivity (Wildman–Crippen MR) is 207 cm³/mol. The number of nitrogens with zero attached hydrogens (tertiary/aromatic N) is 2. The second-order valence-corrected chi connectivity index (χ2v) is 15.6. The fourth-order valence-electron chi connectivity index (χ4n) is 7.79. The van der Waals surface area contributed by atoms with Crippen LogP contribution in [-0.4, -0.2) is 146 Å². The maximum atomic E-state index is 13.9. The minimum absolute atomic E-state index is 0.0412. The molecule has 3 amide bonds. The molecular weight excluding hydrogens is 805 g/mol. The fraction of sp³-hybridized carbons (Fsp3) is 0.553. The first kappa shape index (κ1) is 43.6. The molecule has 18 nitrogen and oxygen atoms in total. The zero-order chi connectivity index (χ0) is 41.8. The zero-order valence-electron chi connectivity index (χ0n) is 31.6.